The molecule has 0 aliphatic rings. The molecule has 0 aliphatic carbocycles. The van der Waals surface area contributed by atoms with Gasteiger partial charge in [-0.05, 0) is 6.07 Å². The Balaban J connectivity index is 2.48. The highest BCUT2D eigenvalue weighted by molar-refractivity contribution is 6.32. The topological polar surface area (TPSA) is 37.9 Å². The predicted octanol–water partition coefficient (Wildman–Crippen LogP) is 2.82. The van der Waals surface area contributed by atoms with E-state index in [-0.39, 0.29) is 10.8 Å². The summed E-state index contributed by atoms with van der Waals surface area (Å²) < 4.78 is 28.0. The second-order valence-corrected chi connectivity index (χ2v) is 2.99. The number of rotatable bonds is 2. The van der Waals surface area contributed by atoms with Gasteiger partial charge < -0.3 is 9.72 Å². The van der Waals surface area contributed by atoms with Crippen LogP contribution in [0, 0.1) is 0 Å². The molecule has 2 rings (SSSR count). The van der Waals surface area contributed by atoms with E-state index in [4.69, 9.17) is 11.6 Å². The Morgan fingerprint density at radius 3 is 2.93 bits per heavy atom. The lowest BCUT2D eigenvalue weighted by Gasteiger charge is -2.05. The standard InChI is InChI=1S/C8H5ClF2N2O/c9-4-1-5-6(13-3-12-5)2-7(4)14-8(10)11/h1-3,8H,(H,12,13). The number of fused-ring (bicyclic) bond motifs is 1. The van der Waals surface area contributed by atoms with Gasteiger partial charge in [0.25, 0.3) is 0 Å². The molecule has 0 atom stereocenters. The molecule has 1 heterocycles. The molecule has 1 N–H and O–H groups in total. The van der Waals surface area contributed by atoms with Crippen molar-refractivity contribution in [2.75, 3.05) is 0 Å². The maximum absolute atomic E-state index is 11.9. The number of imidazole rings is 1. The molecule has 1 aromatic carbocycles. The van der Waals surface area contributed by atoms with E-state index in [0.717, 1.165) is 0 Å². The van der Waals surface area contributed by atoms with Crippen LogP contribution < -0.4 is 4.74 Å². The minimum absolute atomic E-state index is 0.0683. The normalized spacial score (nSPS) is 11.1. The Bertz CT molecular complexity index is 458. The van der Waals surface area contributed by atoms with Crippen molar-refractivity contribution in [2.24, 2.45) is 0 Å². The molecule has 1 aromatic heterocycles. The third-order valence-electron chi connectivity index (χ3n) is 1.69. The summed E-state index contributed by atoms with van der Waals surface area (Å²) in [5, 5.41) is 0.127. The van der Waals surface area contributed by atoms with Gasteiger partial charge in [-0.25, -0.2) is 4.98 Å². The van der Waals surface area contributed by atoms with Gasteiger partial charge in [0.1, 0.15) is 5.75 Å². The lowest BCUT2D eigenvalue weighted by atomic mass is 10.3. The van der Waals surface area contributed by atoms with Crippen molar-refractivity contribution < 1.29 is 13.5 Å². The zero-order valence-electron chi connectivity index (χ0n) is 6.80. The molecule has 0 amide bonds. The van der Waals surface area contributed by atoms with E-state index in [1.807, 2.05) is 0 Å². The summed E-state index contributed by atoms with van der Waals surface area (Å²) >= 11 is 5.70. The van der Waals surface area contributed by atoms with Gasteiger partial charge in [-0.2, -0.15) is 8.78 Å². The Morgan fingerprint density at radius 2 is 2.21 bits per heavy atom. The Labute approximate surface area is 82.7 Å². The van der Waals surface area contributed by atoms with Gasteiger partial charge in [-0.1, -0.05) is 11.6 Å². The Morgan fingerprint density at radius 1 is 1.43 bits per heavy atom. The fourth-order valence-corrected chi connectivity index (χ4v) is 1.33. The molecule has 0 aliphatic heterocycles. The van der Waals surface area contributed by atoms with E-state index in [1.54, 1.807) is 0 Å². The van der Waals surface area contributed by atoms with Crippen molar-refractivity contribution in [1.29, 1.82) is 0 Å². The lowest BCUT2D eigenvalue weighted by molar-refractivity contribution is -0.0496. The van der Waals surface area contributed by atoms with Crippen molar-refractivity contribution in [2.45, 2.75) is 6.61 Å². The van der Waals surface area contributed by atoms with E-state index in [0.29, 0.717) is 11.0 Å². The van der Waals surface area contributed by atoms with Gasteiger partial charge in [0, 0.05) is 6.07 Å². The van der Waals surface area contributed by atoms with Crippen molar-refractivity contribution in [3.8, 4) is 5.75 Å². The number of hydrogen-bond acceptors (Lipinski definition) is 2. The average molecular weight is 219 g/mol. The van der Waals surface area contributed by atoms with Crippen LogP contribution in [-0.4, -0.2) is 16.6 Å². The van der Waals surface area contributed by atoms with Crippen LogP contribution >= 0.6 is 11.6 Å². The molecule has 0 saturated heterocycles. The number of benzene rings is 1. The minimum Gasteiger partial charge on any atom is -0.433 e. The van der Waals surface area contributed by atoms with Gasteiger partial charge in [0.2, 0.25) is 0 Å². The third-order valence-corrected chi connectivity index (χ3v) is 1.99. The van der Waals surface area contributed by atoms with Crippen LogP contribution in [0.5, 0.6) is 5.75 Å². The monoisotopic (exact) mass is 218 g/mol. The summed E-state index contributed by atoms with van der Waals surface area (Å²) in [6, 6.07) is 2.85. The van der Waals surface area contributed by atoms with Gasteiger partial charge in [0.15, 0.2) is 0 Å². The maximum atomic E-state index is 11.9. The van der Waals surface area contributed by atoms with Crippen LogP contribution in [-0.2, 0) is 0 Å². The second kappa shape index (κ2) is 3.42. The number of hydrogen-bond donors (Lipinski definition) is 1. The summed E-state index contributed by atoms with van der Waals surface area (Å²) in [6.45, 7) is -2.89. The first kappa shape index (κ1) is 9.21. The summed E-state index contributed by atoms with van der Waals surface area (Å²) in [5.74, 6) is -0.0683. The van der Waals surface area contributed by atoms with Crippen LogP contribution in [0.1, 0.15) is 0 Å². The fourth-order valence-electron chi connectivity index (χ4n) is 1.12. The van der Waals surface area contributed by atoms with Gasteiger partial charge in [0.05, 0.1) is 22.4 Å². The van der Waals surface area contributed by atoms with Gasteiger partial charge in [-0.15, -0.1) is 0 Å². The molecule has 6 heteroatoms. The highest BCUT2D eigenvalue weighted by Gasteiger charge is 2.10. The first-order chi connectivity index (χ1) is 6.66. The molecular weight excluding hydrogens is 214 g/mol. The zero-order chi connectivity index (χ0) is 10.1. The SMILES string of the molecule is FC(F)Oc1cc2nc[nH]c2cc1Cl. The molecule has 0 radical (unpaired) electrons. The number of nitrogens with one attached hydrogen (secondary N) is 1. The highest BCUT2D eigenvalue weighted by atomic mass is 35.5. The zero-order valence-corrected chi connectivity index (χ0v) is 7.55. The molecule has 2 aromatic rings. The summed E-state index contributed by atoms with van der Waals surface area (Å²) in [6.07, 6.45) is 1.45. The Kier molecular flexibility index (Phi) is 2.25. The summed E-state index contributed by atoms with van der Waals surface area (Å²) in [5.41, 5.74) is 1.21. The van der Waals surface area contributed by atoms with Crippen LogP contribution in [0.25, 0.3) is 11.0 Å². The predicted molar refractivity (Wildman–Crippen MR) is 47.7 cm³/mol. The van der Waals surface area contributed by atoms with Crippen LogP contribution in [0.3, 0.4) is 0 Å². The smallest absolute Gasteiger partial charge is 0.387 e. The van der Waals surface area contributed by atoms with Gasteiger partial charge >= 0.3 is 6.61 Å². The highest BCUT2D eigenvalue weighted by Crippen LogP contribution is 2.29. The number of H-pyrrole nitrogens is 1. The fraction of sp³-hybridized carbons (Fsp3) is 0.125. The van der Waals surface area contributed by atoms with E-state index in [1.165, 1.54) is 18.5 Å². The van der Waals surface area contributed by atoms with Gasteiger partial charge in [-0.3, -0.25) is 0 Å². The van der Waals surface area contributed by atoms with Crippen molar-refractivity contribution in [3.63, 3.8) is 0 Å². The number of alkyl halides is 2. The maximum Gasteiger partial charge on any atom is 0.387 e. The average Bonchev–Trinajstić information content (AvgIpc) is 2.51. The van der Waals surface area contributed by atoms with E-state index in [2.05, 4.69) is 14.7 Å². The van der Waals surface area contributed by atoms with Crippen molar-refractivity contribution >= 4 is 22.6 Å². The number of aromatic nitrogens is 2. The summed E-state index contributed by atoms with van der Waals surface area (Å²) in [4.78, 5) is 6.69. The van der Waals surface area contributed by atoms with E-state index < -0.39 is 6.61 Å². The number of halogens is 3. The Hall–Kier alpha value is -1.36. The molecule has 74 valence electrons. The molecule has 0 saturated carbocycles. The molecule has 0 bridgehead atoms. The van der Waals surface area contributed by atoms with Crippen LogP contribution in [0.15, 0.2) is 18.5 Å². The third kappa shape index (κ3) is 1.63. The molecule has 0 fully saturated rings. The number of ether oxygens (including phenoxy) is 1. The molecule has 3 nitrogen and oxygen atoms in total. The quantitative estimate of drug-likeness (QED) is 0.842. The van der Waals surface area contributed by atoms with E-state index >= 15 is 0 Å². The number of nitrogens with zero attached hydrogens (tertiary/aromatic N) is 1. The minimum atomic E-state index is -2.89. The molecule has 0 spiro atoms. The van der Waals surface area contributed by atoms with Crippen molar-refractivity contribution in [1.82, 2.24) is 9.97 Å². The van der Waals surface area contributed by atoms with Crippen LogP contribution in [0.4, 0.5) is 8.78 Å². The number of aromatic amines is 1. The van der Waals surface area contributed by atoms with Crippen molar-refractivity contribution in [3.05, 3.63) is 23.5 Å². The first-order valence-corrected chi connectivity index (χ1v) is 4.12. The largest absolute Gasteiger partial charge is 0.433 e. The lowest BCUT2D eigenvalue weighted by Crippen LogP contribution is -2.02. The second-order valence-electron chi connectivity index (χ2n) is 2.58. The first-order valence-electron chi connectivity index (χ1n) is 3.74. The van der Waals surface area contributed by atoms with Crippen LogP contribution in [0.2, 0.25) is 5.02 Å². The molecular formula is C8H5ClF2N2O. The summed E-state index contributed by atoms with van der Waals surface area (Å²) in [7, 11) is 0. The molecule has 14 heavy (non-hydrogen) atoms. The molecule has 0 unspecified atom stereocenters. The van der Waals surface area contributed by atoms with E-state index in [9.17, 15) is 8.78 Å².